The molecular weight excluding hydrogens is 468 g/mol. The number of hydrogen-bond donors (Lipinski definition) is 2. The Bertz CT molecular complexity index is 1040. The van der Waals surface area contributed by atoms with Gasteiger partial charge < -0.3 is 25.7 Å². The third-order valence-corrected chi connectivity index (χ3v) is 6.28. The van der Waals surface area contributed by atoms with Crippen LogP contribution in [-0.4, -0.2) is 37.4 Å². The van der Waals surface area contributed by atoms with E-state index in [-0.39, 0.29) is 24.8 Å². The van der Waals surface area contributed by atoms with Gasteiger partial charge in [0, 0.05) is 30.5 Å². The summed E-state index contributed by atoms with van der Waals surface area (Å²) >= 11 is 0. The van der Waals surface area contributed by atoms with Crippen molar-refractivity contribution in [3.63, 3.8) is 0 Å². The summed E-state index contributed by atoms with van der Waals surface area (Å²) in [6.07, 6.45) is 12.3. The fourth-order valence-electron chi connectivity index (χ4n) is 4.28. The molecule has 1 aliphatic carbocycles. The number of rotatable bonds is 13. The molecule has 1 fully saturated rings. The summed E-state index contributed by atoms with van der Waals surface area (Å²) in [4.78, 5) is 24.6. The Morgan fingerprint density at radius 3 is 2.27 bits per heavy atom. The van der Waals surface area contributed by atoms with Crippen molar-refractivity contribution in [3.05, 3.63) is 77.9 Å². The number of unbranched alkanes of at least 4 members (excludes halogenated alkanes) is 2. The van der Waals surface area contributed by atoms with Crippen LogP contribution >= 0.6 is 0 Å². The van der Waals surface area contributed by atoms with Crippen LogP contribution in [0.4, 0.5) is 11.4 Å². The van der Waals surface area contributed by atoms with E-state index in [1.54, 1.807) is 48.5 Å². The molecule has 0 atom stereocenters. The normalized spacial score (nSPS) is 17.4. The summed E-state index contributed by atoms with van der Waals surface area (Å²) in [5, 5.41) is 0. The van der Waals surface area contributed by atoms with Gasteiger partial charge in [0.15, 0.2) is 0 Å². The molecule has 0 spiro atoms. The van der Waals surface area contributed by atoms with Crippen LogP contribution in [0.25, 0.3) is 6.08 Å². The maximum atomic E-state index is 12.6. The quantitative estimate of drug-likeness (QED) is 0.121. The van der Waals surface area contributed by atoms with Gasteiger partial charge in [-0.1, -0.05) is 18.2 Å². The first-order valence-corrected chi connectivity index (χ1v) is 13.0. The highest BCUT2D eigenvalue weighted by Gasteiger charge is 2.24. The Morgan fingerprint density at radius 2 is 1.59 bits per heavy atom. The van der Waals surface area contributed by atoms with Gasteiger partial charge in [-0.15, -0.1) is 6.58 Å². The Labute approximate surface area is 219 Å². The smallest absolute Gasteiger partial charge is 0.338 e. The summed E-state index contributed by atoms with van der Waals surface area (Å²) < 4.78 is 16.9. The van der Waals surface area contributed by atoms with E-state index < -0.39 is 5.97 Å². The minimum Gasteiger partial charge on any atom is -0.462 e. The van der Waals surface area contributed by atoms with E-state index in [0.29, 0.717) is 23.4 Å². The number of allylic oxidation sites excluding steroid dienone is 1. The van der Waals surface area contributed by atoms with Crippen molar-refractivity contribution >= 4 is 29.4 Å². The van der Waals surface area contributed by atoms with Gasteiger partial charge in [0.05, 0.1) is 18.3 Å². The van der Waals surface area contributed by atoms with Gasteiger partial charge in [-0.3, -0.25) is 0 Å². The summed E-state index contributed by atoms with van der Waals surface area (Å²) in [7, 11) is 0. The molecule has 2 aromatic carbocycles. The van der Waals surface area contributed by atoms with E-state index in [0.717, 1.165) is 62.7 Å². The molecule has 1 saturated carbocycles. The van der Waals surface area contributed by atoms with Gasteiger partial charge >= 0.3 is 11.9 Å². The fraction of sp³-hybridized carbons (Fsp3) is 0.400. The lowest BCUT2D eigenvalue weighted by molar-refractivity contribution is -0.137. The zero-order valence-electron chi connectivity index (χ0n) is 21.4. The van der Waals surface area contributed by atoms with Gasteiger partial charge in [-0.25, -0.2) is 9.59 Å². The molecule has 1 aliphatic rings. The molecule has 0 amide bonds. The molecule has 7 heteroatoms. The number of carbonyl (C=O) groups is 2. The predicted octanol–water partition coefficient (Wildman–Crippen LogP) is 5.49. The van der Waals surface area contributed by atoms with Gasteiger partial charge in [-0.05, 0) is 92.5 Å². The fourth-order valence-corrected chi connectivity index (χ4v) is 4.28. The molecule has 3 rings (SSSR count). The van der Waals surface area contributed by atoms with E-state index in [2.05, 4.69) is 6.58 Å². The molecular formula is C30H38N2O5. The van der Waals surface area contributed by atoms with Gasteiger partial charge in [0.2, 0.25) is 0 Å². The topological polar surface area (TPSA) is 114 Å². The zero-order chi connectivity index (χ0) is 26.5. The second-order valence-corrected chi connectivity index (χ2v) is 9.34. The Balaban J connectivity index is 1.35. The van der Waals surface area contributed by atoms with Crippen molar-refractivity contribution in [2.45, 2.75) is 63.6 Å². The molecule has 37 heavy (non-hydrogen) atoms. The van der Waals surface area contributed by atoms with Crippen LogP contribution in [0.1, 0.15) is 66.4 Å². The van der Waals surface area contributed by atoms with Crippen LogP contribution < -0.4 is 11.5 Å². The Kier molecular flexibility index (Phi) is 11.2. The first-order valence-electron chi connectivity index (χ1n) is 13.0. The van der Waals surface area contributed by atoms with Gasteiger partial charge in [-0.2, -0.15) is 0 Å². The van der Waals surface area contributed by atoms with Gasteiger partial charge in [0.25, 0.3) is 0 Å². The Morgan fingerprint density at radius 1 is 0.919 bits per heavy atom. The minimum atomic E-state index is -0.447. The second kappa shape index (κ2) is 14.9. The SMILES string of the molecule is C=CCCCCOC1CCC(OC(=O)c2ccc(C=CC(=O)OCCc3cc(N)cc(N)c3)cc2)CC1. The molecule has 0 aromatic heterocycles. The summed E-state index contributed by atoms with van der Waals surface area (Å²) in [6.45, 7) is 4.73. The number of nitrogen functional groups attached to an aromatic ring is 2. The Hall–Kier alpha value is -3.58. The molecule has 0 heterocycles. The van der Waals surface area contributed by atoms with Crippen molar-refractivity contribution in [1.82, 2.24) is 0 Å². The highest BCUT2D eigenvalue weighted by atomic mass is 16.5. The zero-order valence-corrected chi connectivity index (χ0v) is 21.4. The highest BCUT2D eigenvalue weighted by Crippen LogP contribution is 2.25. The molecule has 198 valence electrons. The second-order valence-electron chi connectivity index (χ2n) is 9.34. The molecule has 4 N–H and O–H groups in total. The maximum Gasteiger partial charge on any atom is 0.338 e. The third-order valence-electron chi connectivity index (χ3n) is 6.28. The van der Waals surface area contributed by atoms with Crippen LogP contribution in [0.2, 0.25) is 0 Å². The van der Waals surface area contributed by atoms with Crippen LogP contribution in [0.15, 0.2) is 61.2 Å². The molecule has 0 saturated heterocycles. The number of benzene rings is 2. The van der Waals surface area contributed by atoms with E-state index in [9.17, 15) is 9.59 Å². The summed E-state index contributed by atoms with van der Waals surface area (Å²) in [6, 6.07) is 12.2. The first kappa shape index (κ1) is 28.0. The van der Waals surface area contributed by atoms with Crippen molar-refractivity contribution in [1.29, 1.82) is 0 Å². The number of carbonyl (C=O) groups excluding carboxylic acids is 2. The highest BCUT2D eigenvalue weighted by molar-refractivity contribution is 5.90. The lowest BCUT2D eigenvalue weighted by atomic mass is 9.95. The van der Waals surface area contributed by atoms with Crippen molar-refractivity contribution in [2.75, 3.05) is 24.7 Å². The minimum absolute atomic E-state index is 0.0776. The lowest BCUT2D eigenvalue weighted by Crippen LogP contribution is -2.28. The molecule has 7 nitrogen and oxygen atoms in total. The molecule has 0 aliphatic heterocycles. The molecule has 0 bridgehead atoms. The number of anilines is 2. The van der Waals surface area contributed by atoms with Crippen LogP contribution in [0, 0.1) is 0 Å². The van der Waals surface area contributed by atoms with Crippen molar-refractivity contribution in [3.8, 4) is 0 Å². The van der Waals surface area contributed by atoms with Crippen LogP contribution in [0.5, 0.6) is 0 Å². The number of hydrogen-bond acceptors (Lipinski definition) is 7. The van der Waals surface area contributed by atoms with E-state index in [4.69, 9.17) is 25.7 Å². The van der Waals surface area contributed by atoms with Crippen LogP contribution in [0.3, 0.4) is 0 Å². The average Bonchev–Trinajstić information content (AvgIpc) is 2.88. The number of nitrogens with two attached hydrogens (primary N) is 2. The third kappa shape index (κ3) is 10.1. The molecule has 2 aromatic rings. The van der Waals surface area contributed by atoms with Crippen molar-refractivity contribution < 1.29 is 23.8 Å². The first-order chi connectivity index (χ1) is 17.9. The summed E-state index contributed by atoms with van der Waals surface area (Å²) in [5.41, 5.74) is 14.9. The van der Waals surface area contributed by atoms with Crippen molar-refractivity contribution in [2.24, 2.45) is 0 Å². The lowest BCUT2D eigenvalue weighted by Gasteiger charge is -2.28. The maximum absolute atomic E-state index is 12.6. The molecule has 0 radical (unpaired) electrons. The number of esters is 2. The average molecular weight is 507 g/mol. The molecule has 0 unspecified atom stereocenters. The van der Waals surface area contributed by atoms with E-state index in [1.165, 1.54) is 6.08 Å². The monoisotopic (exact) mass is 506 g/mol. The number of ether oxygens (including phenoxy) is 3. The van der Waals surface area contributed by atoms with E-state index in [1.807, 2.05) is 6.08 Å². The largest absolute Gasteiger partial charge is 0.462 e. The predicted molar refractivity (Wildman–Crippen MR) is 147 cm³/mol. The summed E-state index contributed by atoms with van der Waals surface area (Å²) in [5.74, 6) is -0.775. The van der Waals surface area contributed by atoms with E-state index >= 15 is 0 Å². The van der Waals surface area contributed by atoms with Crippen LogP contribution in [-0.2, 0) is 25.4 Å². The van der Waals surface area contributed by atoms with Gasteiger partial charge in [0.1, 0.15) is 6.10 Å². The standard InChI is InChI=1S/C30H38N2O5/c1-2-3-4-5-17-35-27-11-13-28(14-12-27)37-30(34)24-9-6-22(7-10-24)8-15-29(33)36-18-16-23-19-25(31)21-26(32)20-23/h2,6-10,15,19-21,27-28H,1,3-5,11-14,16-18,31-32H2.